The molecule has 0 saturated carbocycles. The van der Waals surface area contributed by atoms with Gasteiger partial charge in [0.25, 0.3) is 5.91 Å². The summed E-state index contributed by atoms with van der Waals surface area (Å²) in [7, 11) is 1.64. The largest absolute Gasteiger partial charge is 0.385 e. The average Bonchev–Trinajstić information content (AvgIpc) is 2.29. The van der Waals surface area contributed by atoms with Crippen LogP contribution in [0.1, 0.15) is 12.0 Å². The number of anilines is 1. The van der Waals surface area contributed by atoms with Crippen molar-refractivity contribution in [1.29, 1.82) is 0 Å². The number of pyridine rings is 1. The highest BCUT2D eigenvalue weighted by atomic mass is 16.5. The van der Waals surface area contributed by atoms with Crippen LogP contribution in [0.25, 0.3) is 0 Å². The fraction of sp³-hybridized carbons (Fsp3) is 0.500. The number of hydrogen-bond donors (Lipinski definition) is 1. The van der Waals surface area contributed by atoms with Crippen LogP contribution >= 0.6 is 0 Å². The Hall–Kier alpha value is -1.46. The predicted molar refractivity (Wildman–Crippen MR) is 64.9 cm³/mol. The van der Waals surface area contributed by atoms with Gasteiger partial charge >= 0.3 is 0 Å². The van der Waals surface area contributed by atoms with Gasteiger partial charge in [-0.15, -0.1) is 0 Å². The van der Waals surface area contributed by atoms with Crippen molar-refractivity contribution in [3.63, 3.8) is 0 Å². The van der Waals surface area contributed by atoms with Crippen molar-refractivity contribution in [1.82, 2.24) is 4.98 Å². The first-order valence-electron chi connectivity index (χ1n) is 5.51. The summed E-state index contributed by atoms with van der Waals surface area (Å²) in [6.07, 6.45) is 2.44. The standard InChI is InChI=1S/C12H18N2O3/c1-10-4-5-13-11(8-10)14-12(15)9-17-7-3-6-16-2/h4-5,8H,3,6-7,9H2,1-2H3,(H,13,14,15). The zero-order chi connectivity index (χ0) is 12.5. The van der Waals surface area contributed by atoms with E-state index in [-0.39, 0.29) is 12.5 Å². The summed E-state index contributed by atoms with van der Waals surface area (Å²) in [6.45, 7) is 3.14. The Morgan fingerprint density at radius 1 is 1.47 bits per heavy atom. The average molecular weight is 238 g/mol. The van der Waals surface area contributed by atoms with Crippen LogP contribution < -0.4 is 5.32 Å². The molecule has 0 aromatic carbocycles. The van der Waals surface area contributed by atoms with E-state index in [2.05, 4.69) is 10.3 Å². The zero-order valence-electron chi connectivity index (χ0n) is 10.2. The summed E-state index contributed by atoms with van der Waals surface area (Å²) in [5.41, 5.74) is 1.05. The number of amides is 1. The van der Waals surface area contributed by atoms with E-state index in [0.717, 1.165) is 12.0 Å². The maximum absolute atomic E-state index is 11.4. The van der Waals surface area contributed by atoms with Crippen LogP contribution in [0.3, 0.4) is 0 Å². The lowest BCUT2D eigenvalue weighted by atomic mass is 10.3. The monoisotopic (exact) mass is 238 g/mol. The van der Waals surface area contributed by atoms with E-state index in [9.17, 15) is 4.79 Å². The first-order valence-corrected chi connectivity index (χ1v) is 5.51. The van der Waals surface area contributed by atoms with Crippen LogP contribution in [0, 0.1) is 6.92 Å². The molecule has 1 N–H and O–H groups in total. The zero-order valence-corrected chi connectivity index (χ0v) is 10.2. The molecule has 0 atom stereocenters. The fourth-order valence-electron chi connectivity index (χ4n) is 1.25. The highest BCUT2D eigenvalue weighted by Gasteiger charge is 2.03. The molecule has 1 aromatic heterocycles. The molecule has 0 aliphatic rings. The third kappa shape index (κ3) is 5.99. The molecule has 5 heteroatoms. The predicted octanol–water partition coefficient (Wildman–Crippen LogP) is 1.38. The molecule has 5 nitrogen and oxygen atoms in total. The van der Waals surface area contributed by atoms with Crippen molar-refractivity contribution < 1.29 is 14.3 Å². The molecule has 1 rings (SSSR count). The number of carbonyl (C=O) groups excluding carboxylic acids is 1. The lowest BCUT2D eigenvalue weighted by molar-refractivity contribution is -0.120. The van der Waals surface area contributed by atoms with Crippen molar-refractivity contribution >= 4 is 11.7 Å². The van der Waals surface area contributed by atoms with Gasteiger partial charge in [0.1, 0.15) is 12.4 Å². The van der Waals surface area contributed by atoms with Gasteiger partial charge in [0, 0.05) is 26.5 Å². The Labute approximate surface area is 101 Å². The van der Waals surface area contributed by atoms with E-state index in [1.165, 1.54) is 0 Å². The van der Waals surface area contributed by atoms with E-state index >= 15 is 0 Å². The normalized spacial score (nSPS) is 10.2. The van der Waals surface area contributed by atoms with Gasteiger partial charge in [-0.1, -0.05) is 0 Å². The molecular weight excluding hydrogens is 220 g/mol. The molecule has 0 spiro atoms. The second-order valence-electron chi connectivity index (χ2n) is 3.67. The number of nitrogens with one attached hydrogen (secondary N) is 1. The topological polar surface area (TPSA) is 60.5 Å². The van der Waals surface area contributed by atoms with Crippen LogP contribution in [0.5, 0.6) is 0 Å². The lowest BCUT2D eigenvalue weighted by Crippen LogP contribution is -2.19. The van der Waals surface area contributed by atoms with Crippen molar-refractivity contribution in [2.24, 2.45) is 0 Å². The number of methoxy groups -OCH3 is 1. The van der Waals surface area contributed by atoms with E-state index < -0.39 is 0 Å². The third-order valence-electron chi connectivity index (χ3n) is 2.05. The first kappa shape index (κ1) is 13.6. The summed E-state index contributed by atoms with van der Waals surface area (Å²) in [5, 5.41) is 2.67. The second kappa shape index (κ2) is 7.76. The number of ether oxygens (including phenoxy) is 2. The number of carbonyl (C=O) groups is 1. The molecule has 1 amide bonds. The SMILES string of the molecule is COCCCOCC(=O)Nc1cc(C)ccn1. The molecule has 17 heavy (non-hydrogen) atoms. The lowest BCUT2D eigenvalue weighted by Gasteiger charge is -2.05. The summed E-state index contributed by atoms with van der Waals surface area (Å²) >= 11 is 0. The molecule has 94 valence electrons. The quantitative estimate of drug-likeness (QED) is 0.729. The minimum absolute atomic E-state index is 0.0410. The van der Waals surface area contributed by atoms with Crippen LogP contribution in [0.4, 0.5) is 5.82 Å². The molecule has 0 radical (unpaired) electrons. The third-order valence-corrected chi connectivity index (χ3v) is 2.05. The van der Waals surface area contributed by atoms with Crippen molar-refractivity contribution in [2.45, 2.75) is 13.3 Å². The van der Waals surface area contributed by atoms with Crippen molar-refractivity contribution in [3.8, 4) is 0 Å². The molecule has 0 aliphatic carbocycles. The van der Waals surface area contributed by atoms with Gasteiger partial charge in [0.2, 0.25) is 0 Å². The second-order valence-corrected chi connectivity index (χ2v) is 3.67. The summed E-state index contributed by atoms with van der Waals surface area (Å²) in [4.78, 5) is 15.5. The van der Waals surface area contributed by atoms with Crippen LogP contribution in [0.2, 0.25) is 0 Å². The Balaban J connectivity index is 2.21. The van der Waals surface area contributed by atoms with Crippen molar-refractivity contribution in [2.75, 3.05) is 32.2 Å². The van der Waals surface area contributed by atoms with Gasteiger partial charge in [-0.25, -0.2) is 4.98 Å². The minimum atomic E-state index is -0.194. The van der Waals surface area contributed by atoms with E-state index in [1.54, 1.807) is 13.3 Å². The highest BCUT2D eigenvalue weighted by Crippen LogP contribution is 2.04. The molecule has 0 unspecified atom stereocenters. The smallest absolute Gasteiger partial charge is 0.251 e. The van der Waals surface area contributed by atoms with Gasteiger partial charge < -0.3 is 14.8 Å². The number of aryl methyl sites for hydroxylation is 1. The number of nitrogens with zero attached hydrogens (tertiary/aromatic N) is 1. The first-order chi connectivity index (χ1) is 8.22. The molecular formula is C12H18N2O3. The number of hydrogen-bond acceptors (Lipinski definition) is 4. The minimum Gasteiger partial charge on any atom is -0.385 e. The Morgan fingerprint density at radius 3 is 3.00 bits per heavy atom. The molecule has 0 bridgehead atoms. The Morgan fingerprint density at radius 2 is 2.29 bits per heavy atom. The van der Waals surface area contributed by atoms with Gasteiger partial charge in [-0.2, -0.15) is 0 Å². The molecule has 0 aliphatic heterocycles. The number of aromatic nitrogens is 1. The van der Waals surface area contributed by atoms with Crippen molar-refractivity contribution in [3.05, 3.63) is 23.9 Å². The molecule has 1 aromatic rings. The maximum Gasteiger partial charge on any atom is 0.251 e. The molecule has 0 saturated heterocycles. The van der Waals surface area contributed by atoms with Gasteiger partial charge in [0.05, 0.1) is 0 Å². The maximum atomic E-state index is 11.4. The van der Waals surface area contributed by atoms with Gasteiger partial charge in [-0.05, 0) is 31.0 Å². The van der Waals surface area contributed by atoms with Crippen LogP contribution in [0.15, 0.2) is 18.3 Å². The number of rotatable bonds is 7. The van der Waals surface area contributed by atoms with E-state index in [4.69, 9.17) is 9.47 Å². The van der Waals surface area contributed by atoms with Crippen LogP contribution in [-0.4, -0.2) is 37.8 Å². The summed E-state index contributed by atoms with van der Waals surface area (Å²) in [6, 6.07) is 3.68. The summed E-state index contributed by atoms with van der Waals surface area (Å²) < 4.78 is 10.0. The van der Waals surface area contributed by atoms with Gasteiger partial charge in [-0.3, -0.25) is 4.79 Å². The molecule has 1 heterocycles. The Kier molecular flexibility index (Phi) is 6.21. The van der Waals surface area contributed by atoms with E-state index in [0.29, 0.717) is 19.0 Å². The van der Waals surface area contributed by atoms with E-state index in [1.807, 2.05) is 19.1 Å². The highest BCUT2D eigenvalue weighted by molar-refractivity contribution is 5.90. The summed E-state index contributed by atoms with van der Waals surface area (Å²) in [5.74, 6) is 0.357. The van der Waals surface area contributed by atoms with Crippen LogP contribution in [-0.2, 0) is 14.3 Å². The molecule has 0 fully saturated rings. The van der Waals surface area contributed by atoms with Gasteiger partial charge in [0.15, 0.2) is 0 Å². The fourth-order valence-corrected chi connectivity index (χ4v) is 1.25. The Bertz CT molecular complexity index is 355.